The molecule has 0 spiro atoms. The van der Waals surface area contributed by atoms with Gasteiger partial charge in [0.2, 0.25) is 0 Å². The maximum absolute atomic E-state index is 11.0. The Kier molecular flexibility index (Phi) is 4.95. The van der Waals surface area contributed by atoms with E-state index >= 15 is 0 Å². The Labute approximate surface area is 150 Å². The van der Waals surface area contributed by atoms with Crippen LogP contribution in [-0.4, -0.2) is 36.1 Å². The molecule has 130 valence electrons. The summed E-state index contributed by atoms with van der Waals surface area (Å²) in [6, 6.07) is 12.2. The molecule has 1 fully saturated rings. The molecule has 3 rings (SSSR count). The molecule has 1 aliphatic heterocycles. The fourth-order valence-electron chi connectivity index (χ4n) is 3.09. The summed E-state index contributed by atoms with van der Waals surface area (Å²) in [7, 11) is 0. The van der Waals surface area contributed by atoms with Crippen molar-refractivity contribution >= 4 is 17.2 Å². The lowest BCUT2D eigenvalue weighted by Crippen LogP contribution is -2.31. The number of hydrogen-bond donors (Lipinski definition) is 0. The number of nitro groups is 1. The second-order valence-electron chi connectivity index (χ2n) is 5.88. The Hall–Kier alpha value is -3.65. The molecule has 1 saturated heterocycles. The molecule has 1 aromatic carbocycles. The first-order valence-corrected chi connectivity index (χ1v) is 8.17. The SMILES string of the molecule is N#Cc1cc(N2CCCN(c3ncccc3C#N)CC2)ccc1[N+](=O)[O-]. The van der Waals surface area contributed by atoms with Crippen LogP contribution >= 0.6 is 0 Å². The molecule has 8 nitrogen and oxygen atoms in total. The van der Waals surface area contributed by atoms with Gasteiger partial charge < -0.3 is 9.80 Å². The Bertz CT molecular complexity index is 915. The standard InChI is InChI=1S/C18H16N6O2/c19-12-14-3-1-6-21-18(14)23-8-2-7-22(9-10-23)16-4-5-17(24(25)26)15(11-16)13-20/h1,3-6,11H,2,7-10H2. The molecule has 8 heteroatoms. The van der Waals surface area contributed by atoms with Crippen LogP contribution in [0.1, 0.15) is 17.5 Å². The first-order valence-electron chi connectivity index (χ1n) is 8.17. The van der Waals surface area contributed by atoms with Crippen LogP contribution in [0.3, 0.4) is 0 Å². The number of nitriles is 2. The normalized spacial score (nSPS) is 14.2. The van der Waals surface area contributed by atoms with Crippen molar-refractivity contribution in [3.05, 3.63) is 57.8 Å². The molecule has 0 bridgehead atoms. The van der Waals surface area contributed by atoms with Gasteiger partial charge in [-0.15, -0.1) is 0 Å². The molecule has 1 aromatic heterocycles. The summed E-state index contributed by atoms with van der Waals surface area (Å²) in [6.45, 7) is 2.86. The van der Waals surface area contributed by atoms with Gasteiger partial charge in [-0.3, -0.25) is 10.1 Å². The van der Waals surface area contributed by atoms with Crippen molar-refractivity contribution < 1.29 is 4.92 Å². The molecule has 0 saturated carbocycles. The van der Waals surface area contributed by atoms with Crippen molar-refractivity contribution in [1.29, 1.82) is 10.5 Å². The Balaban J connectivity index is 1.80. The third-order valence-electron chi connectivity index (χ3n) is 4.36. The monoisotopic (exact) mass is 348 g/mol. The maximum Gasteiger partial charge on any atom is 0.287 e. The van der Waals surface area contributed by atoms with Crippen LogP contribution in [0.2, 0.25) is 0 Å². The van der Waals surface area contributed by atoms with E-state index in [2.05, 4.69) is 20.9 Å². The summed E-state index contributed by atoms with van der Waals surface area (Å²) in [5.41, 5.74) is 1.21. The zero-order valence-electron chi connectivity index (χ0n) is 14.0. The van der Waals surface area contributed by atoms with Crippen molar-refractivity contribution in [2.24, 2.45) is 0 Å². The van der Waals surface area contributed by atoms with Gasteiger partial charge in [-0.2, -0.15) is 10.5 Å². The predicted octanol–water partition coefficient (Wildman–Crippen LogP) is 2.45. The zero-order chi connectivity index (χ0) is 18.5. The van der Waals surface area contributed by atoms with Crippen molar-refractivity contribution in [2.75, 3.05) is 36.0 Å². The van der Waals surface area contributed by atoms with Crippen molar-refractivity contribution in [3.63, 3.8) is 0 Å². The predicted molar refractivity (Wildman–Crippen MR) is 95.8 cm³/mol. The van der Waals surface area contributed by atoms with Crippen LogP contribution in [-0.2, 0) is 0 Å². The molecule has 26 heavy (non-hydrogen) atoms. The fourth-order valence-corrected chi connectivity index (χ4v) is 3.09. The lowest BCUT2D eigenvalue weighted by molar-refractivity contribution is -0.385. The van der Waals surface area contributed by atoms with E-state index in [-0.39, 0.29) is 11.3 Å². The van der Waals surface area contributed by atoms with Crippen molar-refractivity contribution in [3.8, 4) is 12.1 Å². The van der Waals surface area contributed by atoms with E-state index in [1.54, 1.807) is 30.5 Å². The third kappa shape index (κ3) is 3.40. The lowest BCUT2D eigenvalue weighted by atomic mass is 10.1. The van der Waals surface area contributed by atoms with Gasteiger partial charge in [0.05, 0.1) is 10.5 Å². The highest BCUT2D eigenvalue weighted by molar-refractivity contribution is 5.60. The second-order valence-corrected chi connectivity index (χ2v) is 5.88. The van der Waals surface area contributed by atoms with Crippen LogP contribution < -0.4 is 9.80 Å². The van der Waals surface area contributed by atoms with Gasteiger partial charge in [-0.1, -0.05) is 0 Å². The molecule has 2 heterocycles. The molecule has 0 unspecified atom stereocenters. The quantitative estimate of drug-likeness (QED) is 0.619. The lowest BCUT2D eigenvalue weighted by Gasteiger charge is -2.24. The number of anilines is 2. The molecule has 0 N–H and O–H groups in total. The van der Waals surface area contributed by atoms with E-state index in [0.29, 0.717) is 24.5 Å². The number of aromatic nitrogens is 1. The number of benzene rings is 1. The number of hydrogen-bond acceptors (Lipinski definition) is 7. The summed E-state index contributed by atoms with van der Waals surface area (Å²) in [4.78, 5) is 19.0. The number of pyridine rings is 1. The highest BCUT2D eigenvalue weighted by Crippen LogP contribution is 2.26. The van der Waals surface area contributed by atoms with Crippen LogP contribution in [0.15, 0.2) is 36.5 Å². The Morgan fingerprint density at radius 3 is 2.50 bits per heavy atom. The van der Waals surface area contributed by atoms with Crippen molar-refractivity contribution in [2.45, 2.75) is 6.42 Å². The van der Waals surface area contributed by atoms with E-state index in [1.165, 1.54) is 6.07 Å². The van der Waals surface area contributed by atoms with E-state index in [9.17, 15) is 20.6 Å². The highest BCUT2D eigenvalue weighted by atomic mass is 16.6. The molecule has 0 atom stereocenters. The molecule has 0 radical (unpaired) electrons. The van der Waals surface area contributed by atoms with Gasteiger partial charge >= 0.3 is 0 Å². The van der Waals surface area contributed by atoms with Crippen molar-refractivity contribution in [1.82, 2.24) is 4.98 Å². The smallest absolute Gasteiger partial charge is 0.287 e. The van der Waals surface area contributed by atoms with Crippen LogP contribution in [0.4, 0.5) is 17.2 Å². The van der Waals surface area contributed by atoms with E-state index in [1.807, 2.05) is 6.07 Å². The highest BCUT2D eigenvalue weighted by Gasteiger charge is 2.21. The third-order valence-corrected chi connectivity index (χ3v) is 4.36. The second kappa shape index (κ2) is 7.49. The summed E-state index contributed by atoms with van der Waals surface area (Å²) in [5.74, 6) is 0.679. The largest absolute Gasteiger partial charge is 0.370 e. The molecule has 2 aromatic rings. The Morgan fingerprint density at radius 2 is 1.77 bits per heavy atom. The summed E-state index contributed by atoms with van der Waals surface area (Å²) < 4.78 is 0. The maximum atomic E-state index is 11.0. The number of nitrogens with zero attached hydrogens (tertiary/aromatic N) is 6. The average molecular weight is 348 g/mol. The van der Waals surface area contributed by atoms with E-state index in [0.717, 1.165) is 25.2 Å². The minimum atomic E-state index is -0.545. The molecular weight excluding hydrogens is 332 g/mol. The van der Waals surface area contributed by atoms with Crippen LogP contribution in [0.25, 0.3) is 0 Å². The van der Waals surface area contributed by atoms with E-state index in [4.69, 9.17) is 0 Å². The molecule has 1 aliphatic rings. The minimum Gasteiger partial charge on any atom is -0.370 e. The fraction of sp³-hybridized carbons (Fsp3) is 0.278. The first-order chi connectivity index (χ1) is 12.6. The summed E-state index contributed by atoms with van der Waals surface area (Å²) in [5, 5.41) is 29.4. The van der Waals surface area contributed by atoms with Crippen LogP contribution in [0.5, 0.6) is 0 Å². The first kappa shape index (κ1) is 17.2. The van der Waals surface area contributed by atoms with Gasteiger partial charge in [0.25, 0.3) is 5.69 Å². The van der Waals surface area contributed by atoms with Gasteiger partial charge in [-0.05, 0) is 30.7 Å². The zero-order valence-corrected chi connectivity index (χ0v) is 14.0. The van der Waals surface area contributed by atoms with Gasteiger partial charge in [-0.25, -0.2) is 4.98 Å². The average Bonchev–Trinajstić information content (AvgIpc) is 2.93. The summed E-state index contributed by atoms with van der Waals surface area (Å²) in [6.07, 6.45) is 2.52. The van der Waals surface area contributed by atoms with Gasteiger partial charge in [0.1, 0.15) is 23.5 Å². The minimum absolute atomic E-state index is 0.0603. The Morgan fingerprint density at radius 1 is 1.04 bits per heavy atom. The summed E-state index contributed by atoms with van der Waals surface area (Å²) >= 11 is 0. The van der Waals surface area contributed by atoms with E-state index < -0.39 is 4.92 Å². The number of nitro benzene ring substituents is 1. The van der Waals surface area contributed by atoms with Crippen LogP contribution in [0, 0.1) is 32.8 Å². The topological polar surface area (TPSA) is 110 Å². The molecular formula is C18H16N6O2. The van der Waals surface area contributed by atoms with Gasteiger partial charge in [0.15, 0.2) is 0 Å². The number of rotatable bonds is 3. The molecule has 0 amide bonds. The van der Waals surface area contributed by atoms with Gasteiger partial charge in [0, 0.05) is 44.1 Å². The molecule has 0 aliphatic carbocycles.